The number of pyridine rings is 1. The van der Waals surface area contributed by atoms with E-state index in [1.54, 1.807) is 12.1 Å². The number of rotatable bonds is 2. The maximum Gasteiger partial charge on any atom is 0.341 e. The number of aromatic nitrogens is 1. The number of hydrogen-bond donors (Lipinski definition) is 0. The van der Waals surface area contributed by atoms with Gasteiger partial charge in [0.15, 0.2) is 0 Å². The molecule has 2 rings (SSSR count). The number of methoxy groups -OCH3 is 1. The van der Waals surface area contributed by atoms with Crippen LogP contribution in [0.1, 0.15) is 10.4 Å². The summed E-state index contributed by atoms with van der Waals surface area (Å²) in [6, 6.07) is 6.24. The second kappa shape index (κ2) is 6.19. The van der Waals surface area contributed by atoms with E-state index in [9.17, 15) is 4.79 Å². The Bertz CT molecular complexity index is 688. The predicted molar refractivity (Wildman–Crippen MR) is 81.1 cm³/mol. The van der Waals surface area contributed by atoms with Crippen molar-refractivity contribution in [3.05, 3.63) is 50.0 Å². The molecular formula is C13H7Cl4NO2. The van der Waals surface area contributed by atoms with Crippen LogP contribution in [-0.4, -0.2) is 18.1 Å². The molecule has 0 fully saturated rings. The van der Waals surface area contributed by atoms with Crippen molar-refractivity contribution in [1.82, 2.24) is 4.98 Å². The van der Waals surface area contributed by atoms with Gasteiger partial charge >= 0.3 is 5.97 Å². The van der Waals surface area contributed by atoms with E-state index in [0.717, 1.165) is 0 Å². The second-order valence-electron chi connectivity index (χ2n) is 3.78. The molecular weight excluding hydrogens is 344 g/mol. The molecule has 0 aliphatic heterocycles. The minimum atomic E-state index is -0.565. The summed E-state index contributed by atoms with van der Waals surface area (Å²) < 4.78 is 4.59. The number of ether oxygens (including phenoxy) is 1. The van der Waals surface area contributed by atoms with Crippen LogP contribution in [0.3, 0.4) is 0 Å². The van der Waals surface area contributed by atoms with Gasteiger partial charge in [0.2, 0.25) is 0 Å². The van der Waals surface area contributed by atoms with E-state index in [4.69, 9.17) is 46.4 Å². The Kier molecular flexibility index (Phi) is 4.76. The lowest BCUT2D eigenvalue weighted by molar-refractivity contribution is 0.0600. The average molecular weight is 351 g/mol. The van der Waals surface area contributed by atoms with Gasteiger partial charge in [-0.05, 0) is 24.3 Å². The molecule has 1 aromatic carbocycles. The third-order valence-electron chi connectivity index (χ3n) is 2.52. The fraction of sp³-hybridized carbons (Fsp3) is 0.0769. The number of nitrogens with zero attached hydrogens (tertiary/aromatic N) is 1. The summed E-state index contributed by atoms with van der Waals surface area (Å²) in [6.45, 7) is 0. The minimum absolute atomic E-state index is 0.0153. The number of hydrogen-bond acceptors (Lipinski definition) is 3. The summed E-state index contributed by atoms with van der Waals surface area (Å²) in [5, 5.41) is 1.06. The molecule has 0 radical (unpaired) electrons. The van der Waals surface area contributed by atoms with Crippen molar-refractivity contribution in [1.29, 1.82) is 0 Å². The first-order valence-electron chi connectivity index (χ1n) is 5.34. The van der Waals surface area contributed by atoms with Crippen LogP contribution in [-0.2, 0) is 4.74 Å². The van der Waals surface area contributed by atoms with E-state index >= 15 is 0 Å². The largest absolute Gasteiger partial charge is 0.465 e. The highest BCUT2D eigenvalue weighted by atomic mass is 35.5. The Hall–Kier alpha value is -1.000. The van der Waals surface area contributed by atoms with Gasteiger partial charge in [0.05, 0.1) is 28.4 Å². The first kappa shape index (κ1) is 15.4. The van der Waals surface area contributed by atoms with Gasteiger partial charge in [-0.1, -0.05) is 46.4 Å². The zero-order valence-electron chi connectivity index (χ0n) is 10.1. The molecule has 1 heterocycles. The second-order valence-corrected chi connectivity index (χ2v) is 5.36. The van der Waals surface area contributed by atoms with Crippen molar-refractivity contribution >= 4 is 52.4 Å². The maximum atomic E-state index is 11.4. The van der Waals surface area contributed by atoms with Gasteiger partial charge in [0, 0.05) is 10.6 Å². The third-order valence-corrected chi connectivity index (χ3v) is 3.83. The lowest BCUT2D eigenvalue weighted by Gasteiger charge is -2.08. The summed E-state index contributed by atoms with van der Waals surface area (Å²) in [4.78, 5) is 15.6. The summed E-state index contributed by atoms with van der Waals surface area (Å²) in [5.41, 5.74) is 1.15. The van der Waals surface area contributed by atoms with Crippen LogP contribution < -0.4 is 0 Å². The normalized spacial score (nSPS) is 10.4. The average Bonchev–Trinajstić information content (AvgIpc) is 2.41. The van der Waals surface area contributed by atoms with Crippen LogP contribution in [0.4, 0.5) is 0 Å². The van der Waals surface area contributed by atoms with E-state index in [1.165, 1.54) is 19.2 Å². The van der Waals surface area contributed by atoms with Gasteiger partial charge in [-0.15, -0.1) is 0 Å². The molecule has 3 nitrogen and oxygen atoms in total. The summed E-state index contributed by atoms with van der Waals surface area (Å²) in [5.74, 6) is -0.565. The van der Waals surface area contributed by atoms with Crippen LogP contribution in [0, 0.1) is 0 Å². The Morgan fingerprint density at radius 1 is 1.15 bits per heavy atom. The van der Waals surface area contributed by atoms with E-state index in [2.05, 4.69) is 9.72 Å². The number of carbonyl (C=O) groups is 1. The molecule has 0 unspecified atom stereocenters. The lowest BCUT2D eigenvalue weighted by Crippen LogP contribution is -2.03. The molecule has 0 bridgehead atoms. The van der Waals surface area contributed by atoms with Crippen molar-refractivity contribution in [2.75, 3.05) is 7.11 Å². The topological polar surface area (TPSA) is 39.2 Å². The van der Waals surface area contributed by atoms with Crippen LogP contribution in [0.15, 0.2) is 24.3 Å². The fourth-order valence-corrected chi connectivity index (χ4v) is 2.52. The SMILES string of the molecule is COC(=O)c1ccc(-c2cc(Cl)cc(Cl)c2Cl)nc1Cl. The number of benzene rings is 1. The van der Waals surface area contributed by atoms with Crippen molar-refractivity contribution in [3.8, 4) is 11.3 Å². The first-order chi connectivity index (χ1) is 9.43. The standard InChI is InChI=1S/C13H7Cl4NO2/c1-20-13(19)7-2-3-10(18-12(7)17)8-4-6(14)5-9(15)11(8)16/h2-5H,1H3. The summed E-state index contributed by atoms with van der Waals surface area (Å²) in [7, 11) is 1.26. The first-order valence-corrected chi connectivity index (χ1v) is 6.85. The highest BCUT2D eigenvalue weighted by Gasteiger charge is 2.15. The predicted octanol–water partition coefficient (Wildman–Crippen LogP) is 5.15. The monoisotopic (exact) mass is 349 g/mol. The molecule has 0 N–H and O–H groups in total. The van der Waals surface area contributed by atoms with Crippen molar-refractivity contribution < 1.29 is 9.53 Å². The van der Waals surface area contributed by atoms with Crippen molar-refractivity contribution in [2.45, 2.75) is 0 Å². The molecule has 0 saturated carbocycles. The lowest BCUT2D eigenvalue weighted by atomic mass is 10.1. The molecule has 0 spiro atoms. The fourth-order valence-electron chi connectivity index (χ4n) is 1.59. The maximum absolute atomic E-state index is 11.4. The zero-order valence-corrected chi connectivity index (χ0v) is 13.1. The van der Waals surface area contributed by atoms with E-state index < -0.39 is 5.97 Å². The molecule has 0 aliphatic rings. The number of halogens is 4. The van der Waals surface area contributed by atoms with Crippen molar-refractivity contribution in [3.63, 3.8) is 0 Å². The Morgan fingerprint density at radius 3 is 2.45 bits per heavy atom. The molecule has 0 atom stereocenters. The highest BCUT2D eigenvalue weighted by Crippen LogP contribution is 2.36. The quantitative estimate of drug-likeness (QED) is 0.427. The summed E-state index contributed by atoms with van der Waals surface area (Å²) in [6.07, 6.45) is 0. The highest BCUT2D eigenvalue weighted by molar-refractivity contribution is 6.45. The Labute approximate surface area is 135 Å². The molecule has 0 amide bonds. The molecule has 20 heavy (non-hydrogen) atoms. The van der Waals surface area contributed by atoms with Gasteiger partial charge in [0.1, 0.15) is 5.15 Å². The molecule has 0 aliphatic carbocycles. The molecule has 2 aromatic rings. The van der Waals surface area contributed by atoms with E-state index in [1.807, 2.05) is 0 Å². The van der Waals surface area contributed by atoms with Crippen LogP contribution >= 0.6 is 46.4 Å². The van der Waals surface area contributed by atoms with Gasteiger partial charge in [-0.2, -0.15) is 0 Å². The molecule has 0 saturated heterocycles. The van der Waals surface area contributed by atoms with Gasteiger partial charge < -0.3 is 4.74 Å². The zero-order chi connectivity index (χ0) is 14.9. The van der Waals surface area contributed by atoms with Crippen LogP contribution in [0.2, 0.25) is 20.2 Å². The summed E-state index contributed by atoms with van der Waals surface area (Å²) >= 11 is 24.0. The van der Waals surface area contributed by atoms with Gasteiger partial charge in [0.25, 0.3) is 0 Å². The minimum Gasteiger partial charge on any atom is -0.465 e. The van der Waals surface area contributed by atoms with Gasteiger partial charge in [-0.3, -0.25) is 0 Å². The molecule has 7 heteroatoms. The Balaban J connectivity index is 2.55. The molecule has 1 aromatic heterocycles. The van der Waals surface area contributed by atoms with Crippen molar-refractivity contribution in [2.24, 2.45) is 0 Å². The van der Waals surface area contributed by atoms with Crippen LogP contribution in [0.25, 0.3) is 11.3 Å². The van der Waals surface area contributed by atoms with Gasteiger partial charge in [-0.25, -0.2) is 9.78 Å². The van der Waals surface area contributed by atoms with Crippen LogP contribution in [0.5, 0.6) is 0 Å². The Morgan fingerprint density at radius 2 is 1.85 bits per heavy atom. The third kappa shape index (κ3) is 3.01. The number of carbonyl (C=O) groups excluding carboxylic acids is 1. The smallest absolute Gasteiger partial charge is 0.341 e. The number of esters is 1. The molecule has 104 valence electrons. The van der Waals surface area contributed by atoms with E-state index in [0.29, 0.717) is 26.3 Å². The van der Waals surface area contributed by atoms with E-state index in [-0.39, 0.29) is 10.7 Å².